The number of carbonyl (C=O) groups excluding carboxylic acids is 2. The standard InChI is InChI=1S/C13H24O4/c1-4-6-8-16-13(17-9-7-5-2)12(15)10-11(3)14/h13H,4-10H2,1-3H3. The van der Waals surface area contributed by atoms with Gasteiger partial charge in [0, 0.05) is 0 Å². The molecule has 0 rings (SSSR count). The highest BCUT2D eigenvalue weighted by molar-refractivity contribution is 5.99. The van der Waals surface area contributed by atoms with E-state index in [0.717, 1.165) is 25.7 Å². The van der Waals surface area contributed by atoms with E-state index < -0.39 is 6.29 Å². The Labute approximate surface area is 104 Å². The minimum atomic E-state index is -0.864. The fourth-order valence-electron chi connectivity index (χ4n) is 1.23. The summed E-state index contributed by atoms with van der Waals surface area (Å²) in [6, 6.07) is 0. The first-order valence-electron chi connectivity index (χ1n) is 6.37. The fourth-order valence-corrected chi connectivity index (χ4v) is 1.23. The molecule has 0 aliphatic carbocycles. The number of carbonyl (C=O) groups is 2. The van der Waals surface area contributed by atoms with Crippen molar-refractivity contribution in [1.29, 1.82) is 0 Å². The smallest absolute Gasteiger partial charge is 0.218 e. The molecule has 100 valence electrons. The Morgan fingerprint density at radius 3 is 1.82 bits per heavy atom. The van der Waals surface area contributed by atoms with Gasteiger partial charge in [0.05, 0.1) is 19.6 Å². The van der Waals surface area contributed by atoms with Crippen molar-refractivity contribution in [2.24, 2.45) is 0 Å². The zero-order valence-electron chi connectivity index (χ0n) is 11.2. The number of ether oxygens (including phenoxy) is 2. The first-order valence-corrected chi connectivity index (χ1v) is 6.37. The maximum Gasteiger partial charge on any atom is 0.218 e. The summed E-state index contributed by atoms with van der Waals surface area (Å²) in [5.74, 6) is -0.428. The molecule has 0 saturated carbocycles. The van der Waals surface area contributed by atoms with Crippen molar-refractivity contribution in [2.45, 2.75) is 59.2 Å². The highest BCUT2D eigenvalue weighted by Crippen LogP contribution is 2.04. The van der Waals surface area contributed by atoms with Crippen molar-refractivity contribution >= 4 is 11.6 Å². The third-order valence-corrected chi connectivity index (χ3v) is 2.22. The van der Waals surface area contributed by atoms with Gasteiger partial charge >= 0.3 is 0 Å². The van der Waals surface area contributed by atoms with Crippen molar-refractivity contribution in [3.8, 4) is 0 Å². The molecule has 0 amide bonds. The number of hydrogen-bond acceptors (Lipinski definition) is 4. The van der Waals surface area contributed by atoms with Gasteiger partial charge in [-0.15, -0.1) is 0 Å². The highest BCUT2D eigenvalue weighted by Gasteiger charge is 2.20. The summed E-state index contributed by atoms with van der Waals surface area (Å²) < 4.78 is 10.7. The molecule has 0 aliphatic heterocycles. The fraction of sp³-hybridized carbons (Fsp3) is 0.846. The van der Waals surface area contributed by atoms with Gasteiger partial charge in [-0.05, 0) is 19.8 Å². The van der Waals surface area contributed by atoms with Crippen LogP contribution in [0.2, 0.25) is 0 Å². The van der Waals surface area contributed by atoms with Crippen molar-refractivity contribution in [3.05, 3.63) is 0 Å². The molecule has 0 heterocycles. The van der Waals surface area contributed by atoms with Crippen molar-refractivity contribution < 1.29 is 19.1 Å². The van der Waals surface area contributed by atoms with E-state index in [9.17, 15) is 9.59 Å². The van der Waals surface area contributed by atoms with Gasteiger partial charge in [-0.2, -0.15) is 0 Å². The summed E-state index contributed by atoms with van der Waals surface area (Å²) in [5, 5.41) is 0. The van der Waals surface area contributed by atoms with Gasteiger partial charge in [0.2, 0.25) is 6.29 Å². The molecule has 0 aromatic heterocycles. The molecule has 0 aromatic carbocycles. The van der Waals surface area contributed by atoms with Crippen LogP contribution in [-0.4, -0.2) is 31.1 Å². The maximum absolute atomic E-state index is 11.7. The van der Waals surface area contributed by atoms with Crippen LogP contribution in [0.1, 0.15) is 52.9 Å². The molecule has 4 nitrogen and oxygen atoms in total. The molecule has 4 heteroatoms. The Hall–Kier alpha value is -0.740. The van der Waals surface area contributed by atoms with Crippen LogP contribution < -0.4 is 0 Å². The lowest BCUT2D eigenvalue weighted by molar-refractivity contribution is -0.171. The van der Waals surface area contributed by atoms with Crippen LogP contribution in [0.3, 0.4) is 0 Å². The summed E-state index contributed by atoms with van der Waals surface area (Å²) in [7, 11) is 0. The second kappa shape index (κ2) is 10.4. The van der Waals surface area contributed by atoms with Gasteiger partial charge in [0.1, 0.15) is 5.78 Å². The van der Waals surface area contributed by atoms with E-state index in [4.69, 9.17) is 9.47 Å². The summed E-state index contributed by atoms with van der Waals surface area (Å²) in [6.07, 6.45) is 2.81. The molecule has 0 aliphatic rings. The Morgan fingerprint density at radius 2 is 1.47 bits per heavy atom. The molecule has 0 spiro atoms. The van der Waals surface area contributed by atoms with E-state index in [1.165, 1.54) is 6.92 Å². The Morgan fingerprint density at radius 1 is 1.00 bits per heavy atom. The third-order valence-electron chi connectivity index (χ3n) is 2.22. The van der Waals surface area contributed by atoms with Crippen LogP contribution in [0.15, 0.2) is 0 Å². The predicted octanol–water partition coefficient (Wildman–Crippen LogP) is 2.49. The molecule has 0 saturated heterocycles. The molecule has 0 radical (unpaired) electrons. The van der Waals surface area contributed by atoms with E-state index in [1.807, 2.05) is 13.8 Å². The van der Waals surface area contributed by atoms with Crippen LogP contribution in [0.25, 0.3) is 0 Å². The van der Waals surface area contributed by atoms with Crippen LogP contribution in [0, 0.1) is 0 Å². The molecular weight excluding hydrogens is 220 g/mol. The van der Waals surface area contributed by atoms with Crippen LogP contribution >= 0.6 is 0 Å². The minimum Gasteiger partial charge on any atom is -0.346 e. The first-order chi connectivity index (χ1) is 8.11. The van der Waals surface area contributed by atoms with E-state index in [1.54, 1.807) is 0 Å². The van der Waals surface area contributed by atoms with Crippen LogP contribution in [0.5, 0.6) is 0 Å². The van der Waals surface area contributed by atoms with Gasteiger partial charge in [-0.1, -0.05) is 26.7 Å². The first kappa shape index (κ1) is 16.3. The van der Waals surface area contributed by atoms with Crippen LogP contribution in [0.4, 0.5) is 0 Å². The average molecular weight is 244 g/mol. The zero-order valence-corrected chi connectivity index (χ0v) is 11.2. The zero-order chi connectivity index (χ0) is 13.1. The number of unbranched alkanes of at least 4 members (excludes halogenated alkanes) is 2. The molecular formula is C13H24O4. The van der Waals surface area contributed by atoms with Crippen LogP contribution in [-0.2, 0) is 19.1 Å². The third kappa shape index (κ3) is 9.01. The summed E-state index contributed by atoms with van der Waals surface area (Å²) in [4.78, 5) is 22.6. The van der Waals surface area contributed by atoms with Crippen molar-refractivity contribution in [2.75, 3.05) is 13.2 Å². The minimum absolute atomic E-state index is 0.108. The molecule has 0 N–H and O–H groups in total. The van der Waals surface area contributed by atoms with Crippen molar-refractivity contribution in [3.63, 3.8) is 0 Å². The Kier molecular flexibility index (Phi) is 9.96. The highest BCUT2D eigenvalue weighted by atomic mass is 16.7. The lowest BCUT2D eigenvalue weighted by atomic mass is 10.2. The molecule has 17 heavy (non-hydrogen) atoms. The van der Waals surface area contributed by atoms with Gasteiger partial charge in [0.25, 0.3) is 0 Å². The second-order valence-electron chi connectivity index (χ2n) is 4.13. The Balaban J connectivity index is 4.07. The average Bonchev–Trinajstić information content (AvgIpc) is 2.26. The lowest BCUT2D eigenvalue weighted by Gasteiger charge is -2.16. The Bertz CT molecular complexity index is 215. The molecule has 0 atom stereocenters. The SMILES string of the molecule is CCCCOC(OCCCC)C(=O)CC(C)=O. The quantitative estimate of drug-likeness (QED) is 0.318. The van der Waals surface area contributed by atoms with E-state index in [0.29, 0.717) is 13.2 Å². The molecule has 0 aromatic rings. The van der Waals surface area contributed by atoms with Gasteiger partial charge in [0.15, 0.2) is 5.78 Å². The normalized spacial score (nSPS) is 10.8. The predicted molar refractivity (Wildman–Crippen MR) is 65.8 cm³/mol. The number of hydrogen-bond donors (Lipinski definition) is 0. The summed E-state index contributed by atoms with van der Waals surface area (Å²) >= 11 is 0. The second-order valence-corrected chi connectivity index (χ2v) is 4.13. The van der Waals surface area contributed by atoms with E-state index in [-0.39, 0.29) is 18.0 Å². The largest absolute Gasteiger partial charge is 0.346 e. The molecule has 0 bridgehead atoms. The molecule has 0 unspecified atom stereocenters. The summed E-state index contributed by atoms with van der Waals surface area (Å²) in [5.41, 5.74) is 0. The van der Waals surface area contributed by atoms with E-state index >= 15 is 0 Å². The topological polar surface area (TPSA) is 52.6 Å². The number of Topliss-reactive ketones (excluding diaryl/α,β-unsaturated/α-hetero) is 2. The van der Waals surface area contributed by atoms with Gasteiger partial charge in [-0.25, -0.2) is 0 Å². The maximum atomic E-state index is 11.7. The number of ketones is 2. The lowest BCUT2D eigenvalue weighted by Crippen LogP contribution is -2.29. The van der Waals surface area contributed by atoms with Crippen molar-refractivity contribution in [1.82, 2.24) is 0 Å². The van der Waals surface area contributed by atoms with E-state index in [2.05, 4.69) is 0 Å². The van der Waals surface area contributed by atoms with Gasteiger partial charge in [-0.3, -0.25) is 9.59 Å². The molecule has 0 fully saturated rings. The monoisotopic (exact) mass is 244 g/mol. The number of rotatable bonds is 11. The van der Waals surface area contributed by atoms with Gasteiger partial charge < -0.3 is 9.47 Å². The summed E-state index contributed by atoms with van der Waals surface area (Å²) in [6.45, 7) is 6.49.